The summed E-state index contributed by atoms with van der Waals surface area (Å²) in [6.07, 6.45) is 12.1. The second kappa shape index (κ2) is 12.3. The molecule has 0 amide bonds. The molecule has 1 fully saturated rings. The number of aliphatic hydroxyl groups is 1. The Bertz CT molecular complexity index is 529. The molecule has 5 atom stereocenters. The lowest BCUT2D eigenvalue weighted by Gasteiger charge is -2.47. The number of esters is 1. The highest BCUT2D eigenvalue weighted by Crippen LogP contribution is 2.43. The summed E-state index contributed by atoms with van der Waals surface area (Å²) in [4.78, 5) is 30.6. The van der Waals surface area contributed by atoms with Gasteiger partial charge in [-0.15, -0.1) is 12.3 Å². The molecule has 1 aliphatic carbocycles. The topological polar surface area (TPSA) is 119 Å². The number of nitrogens with zero attached hydrogens (tertiary/aromatic N) is 1. The molecule has 0 aromatic rings. The van der Waals surface area contributed by atoms with Gasteiger partial charge >= 0.3 is 5.97 Å². The average molecular weight is 366 g/mol. The molecule has 26 heavy (non-hydrogen) atoms. The first-order valence-corrected chi connectivity index (χ1v) is 8.72. The second-order valence-corrected chi connectivity index (χ2v) is 6.53. The monoisotopic (exact) mass is 366 g/mol. The van der Waals surface area contributed by atoms with Crippen molar-refractivity contribution in [2.45, 2.75) is 64.7 Å². The van der Waals surface area contributed by atoms with Crippen LogP contribution < -0.4 is 5.73 Å². The summed E-state index contributed by atoms with van der Waals surface area (Å²) in [5.74, 6) is 2.10. The van der Waals surface area contributed by atoms with Crippen molar-refractivity contribution in [3.05, 3.63) is 17.1 Å². The van der Waals surface area contributed by atoms with Crippen molar-refractivity contribution >= 4 is 12.3 Å². The zero-order chi connectivity index (χ0) is 20.2. The number of nitrogens with two attached hydrogens (primary N) is 1. The summed E-state index contributed by atoms with van der Waals surface area (Å²) in [5.41, 5.74) is 4.39. The van der Waals surface area contributed by atoms with Gasteiger partial charge in [0.1, 0.15) is 17.8 Å². The number of ether oxygens (including phenoxy) is 1. The molecule has 2 rings (SSSR count). The maximum Gasteiger partial charge on any atom is 0.318 e. The maximum atomic E-state index is 11.4. The molecule has 0 saturated carbocycles. The molecule has 0 radical (unpaired) electrons. The van der Waals surface area contributed by atoms with Gasteiger partial charge in [-0.05, 0) is 46.5 Å². The van der Waals surface area contributed by atoms with Crippen LogP contribution in [0, 0.1) is 28.6 Å². The lowest BCUT2D eigenvalue weighted by Crippen LogP contribution is -2.61. The molecule has 2 aliphatic rings. The summed E-state index contributed by atoms with van der Waals surface area (Å²) < 4.78 is 4.94. The lowest BCUT2D eigenvalue weighted by atomic mass is 9.69. The quantitative estimate of drug-likeness (QED) is 0.244. The smallest absolute Gasteiger partial charge is 0.318 e. The number of carbonyl (C=O) groups excluding carboxylic acids is 2. The first-order chi connectivity index (χ1) is 12.3. The van der Waals surface area contributed by atoms with Gasteiger partial charge in [0.25, 0.3) is 0 Å². The molecular weight excluding hydrogens is 336 g/mol. The van der Waals surface area contributed by atoms with Crippen molar-refractivity contribution < 1.29 is 19.4 Å². The Kier molecular flexibility index (Phi) is 11.4. The fourth-order valence-corrected chi connectivity index (χ4v) is 2.70. The Labute approximate surface area is 155 Å². The molecule has 0 bridgehead atoms. The lowest BCUT2D eigenvalue weighted by molar-refractivity contribution is -0.221. The number of aldehydes is 1. The summed E-state index contributed by atoms with van der Waals surface area (Å²) in [6.45, 7) is 5.42. The highest BCUT2D eigenvalue weighted by molar-refractivity contribution is 5.83. The van der Waals surface area contributed by atoms with Crippen LogP contribution >= 0.6 is 0 Å². The number of aliphatic hydroxyl groups excluding tert-OH is 1. The largest absolute Gasteiger partial charge is 0.461 e. The summed E-state index contributed by atoms with van der Waals surface area (Å²) in [7, 11) is 0. The van der Waals surface area contributed by atoms with E-state index < -0.39 is 17.6 Å². The second-order valence-electron chi connectivity index (χ2n) is 6.53. The van der Waals surface area contributed by atoms with E-state index in [1.807, 2.05) is 13.0 Å². The highest BCUT2D eigenvalue weighted by atomic mass is 16.6. The molecule has 1 heterocycles. The number of cyclic esters (lactones) is 1. The van der Waals surface area contributed by atoms with Crippen molar-refractivity contribution in [1.82, 2.24) is 0 Å². The van der Waals surface area contributed by atoms with Crippen molar-refractivity contribution in [3.63, 3.8) is 0 Å². The minimum Gasteiger partial charge on any atom is -0.461 e. The Morgan fingerprint density at radius 3 is 2.62 bits per heavy atom. The van der Waals surface area contributed by atoms with Gasteiger partial charge in [-0.2, -0.15) is 4.91 Å². The van der Waals surface area contributed by atoms with Gasteiger partial charge in [0.05, 0.1) is 18.7 Å². The van der Waals surface area contributed by atoms with Crippen LogP contribution in [0.5, 0.6) is 0 Å². The number of terminal acetylenes is 1. The van der Waals surface area contributed by atoms with Gasteiger partial charge in [0.15, 0.2) is 0 Å². The first-order valence-electron chi connectivity index (χ1n) is 8.72. The number of nitroso groups, excluding NO2 is 1. The van der Waals surface area contributed by atoms with Gasteiger partial charge in [0, 0.05) is 5.92 Å². The molecule has 0 spiro atoms. The van der Waals surface area contributed by atoms with Crippen LogP contribution in [0.3, 0.4) is 0 Å². The molecule has 7 heteroatoms. The van der Waals surface area contributed by atoms with Crippen LogP contribution in [-0.4, -0.2) is 42.2 Å². The fourth-order valence-electron chi connectivity index (χ4n) is 2.70. The number of hydrogen-bond donors (Lipinski definition) is 2. The van der Waals surface area contributed by atoms with Crippen LogP contribution in [0.15, 0.2) is 17.3 Å². The zero-order valence-corrected chi connectivity index (χ0v) is 15.8. The normalized spacial score (nSPS) is 28.4. The molecule has 5 unspecified atom stereocenters. The van der Waals surface area contributed by atoms with E-state index in [4.69, 9.17) is 10.5 Å². The molecule has 1 saturated heterocycles. The predicted molar refractivity (Wildman–Crippen MR) is 100.0 cm³/mol. The van der Waals surface area contributed by atoms with Crippen LogP contribution in [0.1, 0.15) is 46.5 Å². The average Bonchev–Trinajstić information content (AvgIpc) is 2.66. The van der Waals surface area contributed by atoms with Crippen LogP contribution in [0.4, 0.5) is 0 Å². The summed E-state index contributed by atoms with van der Waals surface area (Å²) in [6, 6.07) is -0.521. The Hall–Kier alpha value is -2.04. The van der Waals surface area contributed by atoms with Gasteiger partial charge in [0.2, 0.25) is 0 Å². The summed E-state index contributed by atoms with van der Waals surface area (Å²) >= 11 is 0. The van der Waals surface area contributed by atoms with Crippen molar-refractivity contribution in [3.8, 4) is 12.3 Å². The molecule has 146 valence electrons. The Balaban J connectivity index is 0.000000483. The van der Waals surface area contributed by atoms with E-state index in [2.05, 4.69) is 23.6 Å². The predicted octanol–water partition coefficient (Wildman–Crippen LogP) is 1.96. The zero-order valence-electron chi connectivity index (χ0n) is 15.8. The first kappa shape index (κ1) is 24.0. The van der Waals surface area contributed by atoms with E-state index in [0.29, 0.717) is 12.7 Å². The van der Waals surface area contributed by atoms with Crippen molar-refractivity contribution in [2.24, 2.45) is 22.2 Å². The minimum atomic E-state index is -0.702. The van der Waals surface area contributed by atoms with Gasteiger partial charge in [-0.3, -0.25) is 4.79 Å². The minimum absolute atomic E-state index is 0.110. The van der Waals surface area contributed by atoms with E-state index >= 15 is 0 Å². The molecule has 3 N–H and O–H groups in total. The Morgan fingerprint density at radius 2 is 2.23 bits per heavy atom. The standard InChI is InChI=1S/C12H18O3.C4H8N2O2.C3H4/c1-8-12(2,11(14)15-8)10(13)9-6-4-3-5-7-9;5-4(3-7)1-2-6-8;1-3-2/h4,6,8-10,13H,3,5,7H2,1-2H3;3-4H,1-2,5H2;1H,2H3. The third-order valence-electron chi connectivity index (χ3n) is 4.61. The third-order valence-corrected chi connectivity index (χ3v) is 4.61. The fraction of sp³-hybridized carbons (Fsp3) is 0.684. The highest BCUT2D eigenvalue weighted by Gasteiger charge is 2.58. The number of carbonyl (C=O) groups is 2. The number of rotatable bonds is 6. The van der Waals surface area contributed by atoms with Gasteiger partial charge < -0.3 is 20.4 Å². The van der Waals surface area contributed by atoms with Crippen LogP contribution in [0.25, 0.3) is 0 Å². The van der Waals surface area contributed by atoms with E-state index in [1.54, 1.807) is 13.8 Å². The molecular formula is C19H30N2O5. The van der Waals surface area contributed by atoms with E-state index in [0.717, 1.165) is 19.3 Å². The number of allylic oxidation sites excluding steroid dienone is 1. The van der Waals surface area contributed by atoms with E-state index in [1.165, 1.54) is 0 Å². The van der Waals surface area contributed by atoms with E-state index in [-0.39, 0.29) is 24.5 Å². The maximum absolute atomic E-state index is 11.4. The van der Waals surface area contributed by atoms with Crippen LogP contribution in [-0.2, 0) is 14.3 Å². The molecule has 0 aromatic heterocycles. The molecule has 0 aromatic carbocycles. The third kappa shape index (κ3) is 6.70. The van der Waals surface area contributed by atoms with Gasteiger partial charge in [-0.1, -0.05) is 17.3 Å². The summed E-state index contributed by atoms with van der Waals surface area (Å²) in [5, 5.41) is 12.8. The number of hydrogen-bond acceptors (Lipinski definition) is 7. The SMILES string of the molecule is C#CC.CC1OC(=O)C1(C)C(O)C1C=CCCC1.NC(C=O)CCN=O. The van der Waals surface area contributed by atoms with Crippen molar-refractivity contribution in [2.75, 3.05) is 6.54 Å². The Morgan fingerprint density at radius 1 is 1.62 bits per heavy atom. The van der Waals surface area contributed by atoms with Gasteiger partial charge in [-0.25, -0.2) is 0 Å². The van der Waals surface area contributed by atoms with E-state index in [9.17, 15) is 19.6 Å². The molecule has 7 nitrogen and oxygen atoms in total. The van der Waals surface area contributed by atoms with Crippen molar-refractivity contribution in [1.29, 1.82) is 0 Å². The molecule has 1 aliphatic heterocycles. The van der Waals surface area contributed by atoms with Crippen LogP contribution in [0.2, 0.25) is 0 Å².